The molecule has 206 valence electrons. The van der Waals surface area contributed by atoms with Crippen molar-refractivity contribution in [2.24, 2.45) is 0 Å². The van der Waals surface area contributed by atoms with E-state index >= 15 is 0 Å². The average molecular weight is 558 g/mol. The Labute approximate surface area is 233 Å². The highest BCUT2D eigenvalue weighted by molar-refractivity contribution is 7.92. The normalized spacial score (nSPS) is 14.0. The Morgan fingerprint density at radius 1 is 0.975 bits per heavy atom. The summed E-state index contributed by atoms with van der Waals surface area (Å²) in [4.78, 5) is 5.59. The van der Waals surface area contributed by atoms with Crippen molar-refractivity contribution in [2.75, 3.05) is 37.0 Å². The van der Waals surface area contributed by atoms with E-state index < -0.39 is 16.1 Å². The number of aromatic amines is 1. The van der Waals surface area contributed by atoms with Gasteiger partial charge in [0, 0.05) is 42.0 Å². The molecule has 2 heterocycles. The number of rotatable bonds is 10. The van der Waals surface area contributed by atoms with Gasteiger partial charge in [-0.2, -0.15) is 0 Å². The lowest BCUT2D eigenvalue weighted by molar-refractivity contribution is 0.0986. The summed E-state index contributed by atoms with van der Waals surface area (Å²) in [6.45, 7) is 1.94. The number of nitrogens with zero attached hydrogens (tertiary/aromatic N) is 2. The Balaban J connectivity index is 1.16. The summed E-state index contributed by atoms with van der Waals surface area (Å²) >= 11 is 0. The van der Waals surface area contributed by atoms with E-state index in [1.165, 1.54) is 9.69 Å². The maximum absolute atomic E-state index is 12.2. The predicted molar refractivity (Wildman–Crippen MR) is 157 cm³/mol. The lowest BCUT2D eigenvalue weighted by Crippen LogP contribution is -2.32. The SMILES string of the molecule is CS(=O)(=O)N1COc2ccc(C(O)CN(CCOc3ccc4c(c3)[nH]c3ccccc34)Cc3ccccc3)cc21. The number of aliphatic hydroxyl groups is 1. The van der Waals surface area contributed by atoms with Gasteiger partial charge in [0.1, 0.15) is 18.1 Å². The molecule has 5 aromatic rings. The van der Waals surface area contributed by atoms with Gasteiger partial charge in [0.2, 0.25) is 10.0 Å². The minimum Gasteiger partial charge on any atom is -0.492 e. The number of fused-ring (bicyclic) bond motifs is 4. The monoisotopic (exact) mass is 557 g/mol. The minimum atomic E-state index is -3.48. The fraction of sp³-hybridized carbons (Fsp3) is 0.226. The second-order valence-corrected chi connectivity index (χ2v) is 12.0. The van der Waals surface area contributed by atoms with Crippen LogP contribution in [0.15, 0.2) is 91.0 Å². The number of anilines is 1. The van der Waals surface area contributed by atoms with Crippen LogP contribution in [0.25, 0.3) is 21.8 Å². The summed E-state index contributed by atoms with van der Waals surface area (Å²) in [6.07, 6.45) is 0.310. The van der Waals surface area contributed by atoms with Crippen LogP contribution in [0.3, 0.4) is 0 Å². The topological polar surface area (TPSA) is 95.1 Å². The molecule has 2 N–H and O–H groups in total. The molecular weight excluding hydrogens is 526 g/mol. The van der Waals surface area contributed by atoms with E-state index in [0.29, 0.717) is 43.2 Å². The van der Waals surface area contributed by atoms with Gasteiger partial charge in [-0.25, -0.2) is 12.7 Å². The van der Waals surface area contributed by atoms with Crippen molar-refractivity contribution in [1.29, 1.82) is 0 Å². The zero-order chi connectivity index (χ0) is 27.7. The minimum absolute atomic E-state index is 0.0600. The van der Waals surface area contributed by atoms with Gasteiger partial charge < -0.3 is 19.6 Å². The van der Waals surface area contributed by atoms with Gasteiger partial charge >= 0.3 is 0 Å². The second-order valence-electron chi connectivity index (χ2n) is 10.1. The van der Waals surface area contributed by atoms with Crippen molar-refractivity contribution in [3.63, 3.8) is 0 Å². The Hall–Kier alpha value is -4.05. The van der Waals surface area contributed by atoms with Crippen molar-refractivity contribution in [3.8, 4) is 11.5 Å². The summed E-state index contributed by atoms with van der Waals surface area (Å²) in [5, 5.41) is 13.5. The molecule has 9 heteroatoms. The number of hydrogen-bond donors (Lipinski definition) is 2. The molecule has 0 aliphatic carbocycles. The van der Waals surface area contributed by atoms with Crippen molar-refractivity contribution < 1.29 is 23.0 Å². The molecule has 4 aromatic carbocycles. The first-order valence-corrected chi connectivity index (χ1v) is 15.0. The van der Waals surface area contributed by atoms with Gasteiger partial charge in [-0.05, 0) is 41.5 Å². The van der Waals surface area contributed by atoms with Crippen LogP contribution in [0.4, 0.5) is 5.69 Å². The largest absolute Gasteiger partial charge is 0.492 e. The molecule has 0 amide bonds. The van der Waals surface area contributed by atoms with Crippen LogP contribution in [0, 0.1) is 0 Å². The molecular formula is C31H31N3O5S. The lowest BCUT2D eigenvalue weighted by atomic mass is 10.1. The van der Waals surface area contributed by atoms with E-state index in [-0.39, 0.29) is 6.73 Å². The maximum atomic E-state index is 12.2. The van der Waals surface area contributed by atoms with Crippen LogP contribution in [0.2, 0.25) is 0 Å². The molecule has 8 nitrogen and oxygen atoms in total. The zero-order valence-corrected chi connectivity index (χ0v) is 23.0. The van der Waals surface area contributed by atoms with E-state index in [4.69, 9.17) is 9.47 Å². The fourth-order valence-corrected chi connectivity index (χ4v) is 5.92. The maximum Gasteiger partial charge on any atom is 0.235 e. The summed E-state index contributed by atoms with van der Waals surface area (Å²) in [6, 6.07) is 29.6. The molecule has 0 saturated carbocycles. The number of aromatic nitrogens is 1. The number of H-pyrrole nitrogens is 1. The summed E-state index contributed by atoms with van der Waals surface area (Å²) in [5.74, 6) is 1.27. The Bertz CT molecular complexity index is 1750. The molecule has 1 aliphatic rings. The number of aliphatic hydroxyl groups excluding tert-OH is 1. The third kappa shape index (κ3) is 5.49. The molecule has 0 saturated heterocycles. The second kappa shape index (κ2) is 10.8. The van der Waals surface area contributed by atoms with E-state index in [9.17, 15) is 13.5 Å². The van der Waals surface area contributed by atoms with Crippen molar-refractivity contribution in [1.82, 2.24) is 9.88 Å². The highest BCUT2D eigenvalue weighted by Gasteiger charge is 2.29. The van der Waals surface area contributed by atoms with Crippen LogP contribution in [0.1, 0.15) is 17.2 Å². The molecule has 0 bridgehead atoms. The lowest BCUT2D eigenvalue weighted by Gasteiger charge is -2.26. The van der Waals surface area contributed by atoms with Gasteiger partial charge in [-0.3, -0.25) is 4.90 Å². The molecule has 40 heavy (non-hydrogen) atoms. The summed E-state index contributed by atoms with van der Waals surface area (Å²) < 4.78 is 37.2. The molecule has 1 aliphatic heterocycles. The number of ether oxygens (including phenoxy) is 2. The number of para-hydroxylation sites is 1. The smallest absolute Gasteiger partial charge is 0.235 e. The molecule has 1 unspecified atom stereocenters. The van der Waals surface area contributed by atoms with E-state index in [2.05, 4.69) is 40.2 Å². The van der Waals surface area contributed by atoms with Gasteiger partial charge in [0.15, 0.2) is 6.73 Å². The Morgan fingerprint density at radius 3 is 2.58 bits per heavy atom. The third-order valence-electron chi connectivity index (χ3n) is 7.21. The quantitative estimate of drug-likeness (QED) is 0.250. The van der Waals surface area contributed by atoms with Gasteiger partial charge in [-0.1, -0.05) is 54.6 Å². The number of benzene rings is 4. The van der Waals surface area contributed by atoms with Crippen LogP contribution in [0.5, 0.6) is 11.5 Å². The molecule has 6 rings (SSSR count). The highest BCUT2D eigenvalue weighted by atomic mass is 32.2. The molecule has 0 fully saturated rings. The van der Waals surface area contributed by atoms with Crippen molar-refractivity contribution >= 4 is 37.5 Å². The van der Waals surface area contributed by atoms with Crippen molar-refractivity contribution in [2.45, 2.75) is 12.6 Å². The van der Waals surface area contributed by atoms with Gasteiger partial charge in [-0.15, -0.1) is 0 Å². The van der Waals surface area contributed by atoms with Crippen LogP contribution < -0.4 is 13.8 Å². The number of hydrogen-bond acceptors (Lipinski definition) is 6. The zero-order valence-electron chi connectivity index (χ0n) is 22.2. The summed E-state index contributed by atoms with van der Waals surface area (Å²) in [7, 11) is -3.48. The molecule has 1 aromatic heterocycles. The van der Waals surface area contributed by atoms with Crippen LogP contribution in [-0.4, -0.2) is 56.1 Å². The van der Waals surface area contributed by atoms with Gasteiger partial charge in [0.25, 0.3) is 0 Å². The predicted octanol–water partition coefficient (Wildman–Crippen LogP) is 5.05. The number of sulfonamides is 1. The Morgan fingerprint density at radius 2 is 1.75 bits per heavy atom. The third-order valence-corrected chi connectivity index (χ3v) is 8.31. The fourth-order valence-electron chi connectivity index (χ4n) is 5.17. The van der Waals surface area contributed by atoms with E-state index in [0.717, 1.165) is 34.0 Å². The first-order valence-electron chi connectivity index (χ1n) is 13.2. The Kier molecular flexibility index (Phi) is 7.10. The number of nitrogens with one attached hydrogen (secondary N) is 1. The summed E-state index contributed by atoms with van der Waals surface area (Å²) in [5.41, 5.74) is 4.32. The van der Waals surface area contributed by atoms with Crippen LogP contribution in [-0.2, 0) is 16.6 Å². The van der Waals surface area contributed by atoms with Crippen molar-refractivity contribution in [3.05, 3.63) is 102 Å². The first-order chi connectivity index (χ1) is 19.3. The standard InChI is InChI=1S/C31H31N3O5S/c1-40(36,37)34-21-39-31-14-11-23(17-29(31)34)30(35)20-33(19-22-7-3-2-4-8-22)15-16-38-24-12-13-26-25-9-5-6-10-27(25)32-28(26)18-24/h2-14,17-18,30,32,35H,15-16,19-21H2,1H3. The van der Waals surface area contributed by atoms with Gasteiger partial charge in [0.05, 0.1) is 23.6 Å². The molecule has 0 radical (unpaired) electrons. The molecule has 0 spiro atoms. The van der Waals surface area contributed by atoms with Crippen LogP contribution >= 0.6 is 0 Å². The first kappa shape index (κ1) is 26.2. The molecule has 1 atom stereocenters. The van der Waals surface area contributed by atoms with E-state index in [1.807, 2.05) is 42.5 Å². The highest BCUT2D eigenvalue weighted by Crippen LogP contribution is 2.37. The van der Waals surface area contributed by atoms with E-state index in [1.54, 1.807) is 18.2 Å². The average Bonchev–Trinajstić information content (AvgIpc) is 3.54.